The van der Waals surface area contributed by atoms with Crippen LogP contribution in [0.25, 0.3) is 0 Å². The highest BCUT2D eigenvalue weighted by Gasteiger charge is 2.31. The number of piperidine rings is 1. The van der Waals surface area contributed by atoms with Crippen molar-refractivity contribution in [3.63, 3.8) is 0 Å². The van der Waals surface area contributed by atoms with E-state index in [1.807, 2.05) is 6.92 Å². The molecule has 122 valence electrons. The molecule has 2 heterocycles. The van der Waals surface area contributed by atoms with Crippen LogP contribution in [-0.4, -0.2) is 35.0 Å². The molecular formula is C17H25NO3S. The van der Waals surface area contributed by atoms with Crippen LogP contribution in [0.2, 0.25) is 0 Å². The van der Waals surface area contributed by atoms with E-state index in [-0.39, 0.29) is 11.8 Å². The van der Waals surface area contributed by atoms with Crippen LogP contribution >= 0.6 is 11.3 Å². The third-order valence-corrected chi connectivity index (χ3v) is 5.19. The first kappa shape index (κ1) is 17.0. The van der Waals surface area contributed by atoms with Crippen LogP contribution in [0.15, 0.2) is 17.5 Å². The minimum absolute atomic E-state index is 0.119. The van der Waals surface area contributed by atoms with Gasteiger partial charge in [-0.1, -0.05) is 19.4 Å². The number of amides is 1. The average molecular weight is 323 g/mol. The first-order valence-electron chi connectivity index (χ1n) is 8.09. The van der Waals surface area contributed by atoms with Gasteiger partial charge in [-0.25, -0.2) is 0 Å². The van der Waals surface area contributed by atoms with Gasteiger partial charge < -0.3 is 10.0 Å². The van der Waals surface area contributed by atoms with Gasteiger partial charge in [-0.3, -0.25) is 9.59 Å². The molecule has 22 heavy (non-hydrogen) atoms. The van der Waals surface area contributed by atoms with Crippen molar-refractivity contribution >= 4 is 23.2 Å². The molecule has 4 nitrogen and oxygen atoms in total. The quantitative estimate of drug-likeness (QED) is 0.782. The normalized spacial score (nSPS) is 21.8. The Balaban J connectivity index is 1.66. The summed E-state index contributed by atoms with van der Waals surface area (Å²) in [4.78, 5) is 26.5. The number of carboxylic acid groups (broad SMARTS) is 1. The van der Waals surface area contributed by atoms with Crippen LogP contribution in [0.4, 0.5) is 0 Å². The van der Waals surface area contributed by atoms with Gasteiger partial charge in [-0.05, 0) is 43.0 Å². The molecule has 0 bridgehead atoms. The smallest absolute Gasteiger partial charge is 0.308 e. The zero-order valence-corrected chi connectivity index (χ0v) is 14.0. The molecule has 0 saturated carbocycles. The Hall–Kier alpha value is -1.36. The van der Waals surface area contributed by atoms with Crippen molar-refractivity contribution in [3.8, 4) is 0 Å². The molecule has 0 aliphatic carbocycles. The monoisotopic (exact) mass is 323 g/mol. The summed E-state index contributed by atoms with van der Waals surface area (Å²) in [5.74, 6) is -0.779. The van der Waals surface area contributed by atoms with E-state index in [2.05, 4.69) is 17.5 Å². The van der Waals surface area contributed by atoms with Crippen molar-refractivity contribution in [1.29, 1.82) is 0 Å². The van der Waals surface area contributed by atoms with Gasteiger partial charge in [0.1, 0.15) is 0 Å². The van der Waals surface area contributed by atoms with Crippen LogP contribution in [0.1, 0.15) is 43.9 Å². The zero-order valence-electron chi connectivity index (χ0n) is 13.2. The molecule has 2 rings (SSSR count). The summed E-state index contributed by atoms with van der Waals surface area (Å²) in [5, 5.41) is 11.2. The number of unbranched alkanes of at least 4 members (excludes halogenated alkanes) is 2. The number of carboxylic acids is 1. The molecule has 2 unspecified atom stereocenters. The number of aliphatic carboxylic acids is 1. The summed E-state index contributed by atoms with van der Waals surface area (Å²) in [5.41, 5.74) is 0. The predicted octanol–water partition coefficient (Wildman–Crippen LogP) is 3.42. The number of hydrogen-bond donors (Lipinski definition) is 1. The summed E-state index contributed by atoms with van der Waals surface area (Å²) < 4.78 is 0. The minimum atomic E-state index is -0.778. The van der Waals surface area contributed by atoms with E-state index in [0.717, 1.165) is 25.7 Å². The number of nitrogens with zero attached hydrogens (tertiary/aromatic N) is 1. The molecule has 1 aromatic rings. The topological polar surface area (TPSA) is 57.6 Å². The van der Waals surface area contributed by atoms with Gasteiger partial charge in [-0.2, -0.15) is 0 Å². The van der Waals surface area contributed by atoms with Crippen molar-refractivity contribution in [2.75, 3.05) is 13.1 Å². The van der Waals surface area contributed by atoms with Gasteiger partial charge >= 0.3 is 5.97 Å². The molecule has 1 fully saturated rings. The van der Waals surface area contributed by atoms with Crippen molar-refractivity contribution in [1.82, 2.24) is 4.90 Å². The van der Waals surface area contributed by atoms with E-state index >= 15 is 0 Å². The molecular weight excluding hydrogens is 298 g/mol. The van der Waals surface area contributed by atoms with E-state index in [1.165, 1.54) is 4.88 Å². The largest absolute Gasteiger partial charge is 0.481 e. The average Bonchev–Trinajstić information content (AvgIpc) is 2.99. The van der Waals surface area contributed by atoms with Crippen LogP contribution in [0.3, 0.4) is 0 Å². The van der Waals surface area contributed by atoms with Crippen LogP contribution < -0.4 is 0 Å². The van der Waals surface area contributed by atoms with E-state index < -0.39 is 11.9 Å². The second kappa shape index (κ2) is 8.32. The van der Waals surface area contributed by atoms with Crippen LogP contribution in [-0.2, 0) is 16.0 Å². The molecule has 1 N–H and O–H groups in total. The van der Waals surface area contributed by atoms with Crippen molar-refractivity contribution in [3.05, 3.63) is 22.4 Å². The maximum atomic E-state index is 12.2. The van der Waals surface area contributed by atoms with Crippen LogP contribution in [0, 0.1) is 11.8 Å². The summed E-state index contributed by atoms with van der Waals surface area (Å²) in [6, 6.07) is 4.22. The van der Waals surface area contributed by atoms with E-state index in [4.69, 9.17) is 5.11 Å². The number of carbonyl (C=O) groups excluding carboxylic acids is 1. The van der Waals surface area contributed by atoms with Gasteiger partial charge in [-0.15, -0.1) is 11.3 Å². The second-order valence-electron chi connectivity index (χ2n) is 6.31. The fourth-order valence-corrected chi connectivity index (χ4v) is 3.85. The van der Waals surface area contributed by atoms with E-state index in [0.29, 0.717) is 25.9 Å². The van der Waals surface area contributed by atoms with Gasteiger partial charge in [0.05, 0.1) is 5.92 Å². The predicted molar refractivity (Wildman–Crippen MR) is 88.0 cm³/mol. The molecule has 1 aliphatic rings. The fraction of sp³-hybridized carbons (Fsp3) is 0.647. The highest BCUT2D eigenvalue weighted by molar-refractivity contribution is 7.09. The molecule has 2 atom stereocenters. The Morgan fingerprint density at radius 3 is 2.82 bits per heavy atom. The lowest BCUT2D eigenvalue weighted by molar-refractivity contribution is -0.146. The third kappa shape index (κ3) is 5.13. The Morgan fingerprint density at radius 2 is 2.14 bits per heavy atom. The number of hydrogen-bond acceptors (Lipinski definition) is 3. The molecule has 1 saturated heterocycles. The van der Waals surface area contributed by atoms with Gasteiger partial charge in [0, 0.05) is 24.4 Å². The SMILES string of the molecule is CC1CC(C(=O)O)CN(C(=O)CCCCCc2cccs2)C1. The summed E-state index contributed by atoms with van der Waals surface area (Å²) in [6.07, 6.45) is 5.38. The Kier molecular flexibility index (Phi) is 6.43. The number of likely N-dealkylation sites (tertiary alicyclic amines) is 1. The summed E-state index contributed by atoms with van der Waals surface area (Å²) >= 11 is 1.78. The molecule has 0 aromatic carbocycles. The second-order valence-corrected chi connectivity index (χ2v) is 7.35. The number of carbonyl (C=O) groups is 2. The molecule has 0 radical (unpaired) electrons. The lowest BCUT2D eigenvalue weighted by Gasteiger charge is -2.34. The lowest BCUT2D eigenvalue weighted by Crippen LogP contribution is -2.45. The van der Waals surface area contributed by atoms with Crippen molar-refractivity contribution in [2.24, 2.45) is 11.8 Å². The van der Waals surface area contributed by atoms with Crippen LogP contribution in [0.5, 0.6) is 0 Å². The maximum Gasteiger partial charge on any atom is 0.308 e. The Bertz CT molecular complexity index is 486. The first-order valence-corrected chi connectivity index (χ1v) is 8.97. The number of thiophene rings is 1. The fourth-order valence-electron chi connectivity index (χ4n) is 3.10. The summed E-state index contributed by atoms with van der Waals surface area (Å²) in [6.45, 7) is 3.11. The number of aryl methyl sites for hydroxylation is 1. The molecule has 5 heteroatoms. The molecule has 1 aromatic heterocycles. The van der Waals surface area contributed by atoms with Crippen molar-refractivity contribution < 1.29 is 14.7 Å². The maximum absolute atomic E-state index is 12.2. The summed E-state index contributed by atoms with van der Waals surface area (Å²) in [7, 11) is 0. The number of rotatable bonds is 7. The molecule has 1 aliphatic heterocycles. The zero-order chi connectivity index (χ0) is 15.9. The third-order valence-electron chi connectivity index (χ3n) is 4.26. The Labute approximate surface area is 136 Å². The van der Waals surface area contributed by atoms with Gasteiger partial charge in [0.2, 0.25) is 5.91 Å². The van der Waals surface area contributed by atoms with E-state index in [9.17, 15) is 9.59 Å². The van der Waals surface area contributed by atoms with Gasteiger partial charge in [0.25, 0.3) is 0 Å². The van der Waals surface area contributed by atoms with Crippen molar-refractivity contribution in [2.45, 2.75) is 45.4 Å². The van der Waals surface area contributed by atoms with Gasteiger partial charge in [0.15, 0.2) is 0 Å². The Morgan fingerprint density at radius 1 is 1.32 bits per heavy atom. The molecule has 1 amide bonds. The first-order chi connectivity index (χ1) is 10.6. The highest BCUT2D eigenvalue weighted by atomic mass is 32.1. The standard InChI is InChI=1S/C17H25NO3S/c1-13-10-14(17(20)21)12-18(11-13)16(19)8-4-2-3-6-15-7-5-9-22-15/h5,7,9,13-14H,2-4,6,8,10-12H2,1H3,(H,20,21). The molecule has 0 spiro atoms. The van der Waals surface area contributed by atoms with E-state index in [1.54, 1.807) is 16.2 Å². The lowest BCUT2D eigenvalue weighted by atomic mass is 9.90. The highest BCUT2D eigenvalue weighted by Crippen LogP contribution is 2.23. The minimum Gasteiger partial charge on any atom is -0.481 e.